The molecule has 0 saturated heterocycles. The average Bonchev–Trinajstić information content (AvgIpc) is 2.31. The molecule has 90 valence electrons. The van der Waals surface area contributed by atoms with Gasteiger partial charge in [0.1, 0.15) is 18.8 Å². The average molecular weight is 226 g/mol. The summed E-state index contributed by atoms with van der Waals surface area (Å²) >= 11 is 0. The molecule has 0 aliphatic heterocycles. The van der Waals surface area contributed by atoms with Gasteiger partial charge in [-0.3, -0.25) is 0 Å². The summed E-state index contributed by atoms with van der Waals surface area (Å²) in [7, 11) is 1.63. The fraction of sp³-hybridized carbons (Fsp3) is 0.600. The minimum absolute atomic E-state index is 0.467. The van der Waals surface area contributed by atoms with Gasteiger partial charge in [-0.25, -0.2) is 15.8 Å². The maximum atomic E-state index is 5.50. The molecule has 0 amide bonds. The van der Waals surface area contributed by atoms with Crippen molar-refractivity contribution < 1.29 is 9.47 Å². The van der Waals surface area contributed by atoms with Crippen LogP contribution in [-0.2, 0) is 11.2 Å². The number of nitrogens with zero attached hydrogens (tertiary/aromatic N) is 2. The van der Waals surface area contributed by atoms with Crippen molar-refractivity contribution in [3.8, 4) is 5.88 Å². The monoisotopic (exact) mass is 226 g/mol. The second kappa shape index (κ2) is 6.97. The molecule has 0 bridgehead atoms. The number of hydrazine groups is 1. The SMILES string of the molecule is CCCc1c(NN)ncnc1OCCOC. The molecule has 6 nitrogen and oxygen atoms in total. The molecule has 1 aromatic rings. The molecule has 0 unspecified atom stereocenters. The molecule has 16 heavy (non-hydrogen) atoms. The van der Waals surface area contributed by atoms with E-state index >= 15 is 0 Å². The molecule has 1 aromatic heterocycles. The summed E-state index contributed by atoms with van der Waals surface area (Å²) in [5.74, 6) is 6.57. The molecular formula is C10H18N4O2. The summed E-state index contributed by atoms with van der Waals surface area (Å²) in [6.07, 6.45) is 3.22. The number of nitrogens with two attached hydrogens (primary N) is 1. The summed E-state index contributed by atoms with van der Waals surface area (Å²) in [4.78, 5) is 8.14. The van der Waals surface area contributed by atoms with E-state index in [9.17, 15) is 0 Å². The normalized spacial score (nSPS) is 10.2. The highest BCUT2D eigenvalue weighted by Crippen LogP contribution is 2.22. The van der Waals surface area contributed by atoms with Crippen LogP contribution in [0.5, 0.6) is 5.88 Å². The van der Waals surface area contributed by atoms with E-state index in [1.54, 1.807) is 7.11 Å². The molecule has 1 rings (SSSR count). The minimum atomic E-state index is 0.467. The maximum Gasteiger partial charge on any atom is 0.221 e. The van der Waals surface area contributed by atoms with E-state index in [0.29, 0.717) is 24.9 Å². The number of rotatable bonds is 7. The number of nitrogens with one attached hydrogen (secondary N) is 1. The molecule has 0 radical (unpaired) electrons. The van der Waals surface area contributed by atoms with Crippen molar-refractivity contribution in [3.05, 3.63) is 11.9 Å². The zero-order valence-corrected chi connectivity index (χ0v) is 9.69. The molecule has 3 N–H and O–H groups in total. The summed E-state index contributed by atoms with van der Waals surface area (Å²) in [6.45, 7) is 3.07. The molecule has 0 fully saturated rings. The van der Waals surface area contributed by atoms with Crippen LogP contribution in [0.15, 0.2) is 6.33 Å². The van der Waals surface area contributed by atoms with Gasteiger partial charge in [-0.2, -0.15) is 0 Å². The van der Waals surface area contributed by atoms with Crippen molar-refractivity contribution in [1.29, 1.82) is 0 Å². The van der Waals surface area contributed by atoms with Crippen molar-refractivity contribution in [3.63, 3.8) is 0 Å². The fourth-order valence-corrected chi connectivity index (χ4v) is 1.34. The third-order valence-electron chi connectivity index (χ3n) is 2.07. The Bertz CT molecular complexity index is 320. The molecule has 6 heteroatoms. The highest BCUT2D eigenvalue weighted by atomic mass is 16.5. The van der Waals surface area contributed by atoms with Crippen LogP contribution in [0.2, 0.25) is 0 Å². The van der Waals surface area contributed by atoms with Gasteiger partial charge in [0.05, 0.1) is 12.2 Å². The Morgan fingerprint density at radius 2 is 2.19 bits per heavy atom. The Hall–Kier alpha value is -1.40. The quantitative estimate of drug-likeness (QED) is 0.405. The number of ether oxygens (including phenoxy) is 2. The largest absolute Gasteiger partial charge is 0.475 e. The van der Waals surface area contributed by atoms with E-state index in [4.69, 9.17) is 15.3 Å². The summed E-state index contributed by atoms with van der Waals surface area (Å²) in [5.41, 5.74) is 3.45. The van der Waals surface area contributed by atoms with Crippen LogP contribution in [0.1, 0.15) is 18.9 Å². The third-order valence-corrected chi connectivity index (χ3v) is 2.07. The summed E-state index contributed by atoms with van der Waals surface area (Å²) < 4.78 is 10.4. The van der Waals surface area contributed by atoms with Gasteiger partial charge in [-0.05, 0) is 6.42 Å². The Labute approximate surface area is 95.1 Å². The van der Waals surface area contributed by atoms with Crippen molar-refractivity contribution >= 4 is 5.82 Å². The highest BCUT2D eigenvalue weighted by molar-refractivity contribution is 5.47. The third kappa shape index (κ3) is 3.32. The van der Waals surface area contributed by atoms with Gasteiger partial charge in [0, 0.05) is 7.11 Å². The van der Waals surface area contributed by atoms with Crippen LogP contribution in [0.25, 0.3) is 0 Å². The number of nitrogen functional groups attached to an aromatic ring is 1. The molecule has 0 saturated carbocycles. The molecule has 1 heterocycles. The van der Waals surface area contributed by atoms with E-state index in [1.165, 1.54) is 6.33 Å². The smallest absolute Gasteiger partial charge is 0.221 e. The minimum Gasteiger partial charge on any atom is -0.475 e. The first-order valence-electron chi connectivity index (χ1n) is 5.25. The Balaban J connectivity index is 2.79. The second-order valence-electron chi connectivity index (χ2n) is 3.24. The Morgan fingerprint density at radius 1 is 1.38 bits per heavy atom. The first-order chi connectivity index (χ1) is 7.83. The number of methoxy groups -OCH3 is 1. The van der Waals surface area contributed by atoms with E-state index in [1.807, 2.05) is 0 Å². The van der Waals surface area contributed by atoms with E-state index in [2.05, 4.69) is 22.3 Å². The Morgan fingerprint density at radius 3 is 2.81 bits per heavy atom. The van der Waals surface area contributed by atoms with Crippen LogP contribution in [0.4, 0.5) is 5.82 Å². The highest BCUT2D eigenvalue weighted by Gasteiger charge is 2.10. The van der Waals surface area contributed by atoms with Gasteiger partial charge < -0.3 is 14.9 Å². The van der Waals surface area contributed by atoms with Crippen LogP contribution in [-0.4, -0.2) is 30.3 Å². The van der Waals surface area contributed by atoms with Crippen LogP contribution < -0.4 is 16.0 Å². The number of hydrogen-bond donors (Lipinski definition) is 2. The van der Waals surface area contributed by atoms with Gasteiger partial charge in [0.2, 0.25) is 5.88 Å². The second-order valence-corrected chi connectivity index (χ2v) is 3.24. The predicted octanol–water partition coefficient (Wildman–Crippen LogP) is 0.740. The molecule has 0 aliphatic carbocycles. The van der Waals surface area contributed by atoms with Crippen LogP contribution in [0, 0.1) is 0 Å². The molecule has 0 aromatic carbocycles. The summed E-state index contributed by atoms with van der Waals surface area (Å²) in [5, 5.41) is 0. The zero-order chi connectivity index (χ0) is 11.8. The van der Waals surface area contributed by atoms with Gasteiger partial charge in [-0.15, -0.1) is 0 Å². The molecule has 0 spiro atoms. The van der Waals surface area contributed by atoms with Crippen LogP contribution >= 0.6 is 0 Å². The number of aromatic nitrogens is 2. The van der Waals surface area contributed by atoms with Crippen molar-refractivity contribution in [2.45, 2.75) is 19.8 Å². The van der Waals surface area contributed by atoms with Crippen LogP contribution in [0.3, 0.4) is 0 Å². The van der Waals surface area contributed by atoms with Crippen molar-refractivity contribution in [1.82, 2.24) is 9.97 Å². The van der Waals surface area contributed by atoms with Crippen molar-refractivity contribution in [2.24, 2.45) is 5.84 Å². The van der Waals surface area contributed by atoms with Crippen molar-refractivity contribution in [2.75, 3.05) is 25.7 Å². The van der Waals surface area contributed by atoms with Gasteiger partial charge in [0.15, 0.2) is 0 Å². The number of anilines is 1. The predicted molar refractivity (Wildman–Crippen MR) is 61.2 cm³/mol. The first kappa shape index (κ1) is 12.7. The summed E-state index contributed by atoms with van der Waals surface area (Å²) in [6, 6.07) is 0. The van der Waals surface area contributed by atoms with E-state index in [-0.39, 0.29) is 0 Å². The fourth-order valence-electron chi connectivity index (χ4n) is 1.34. The lowest BCUT2D eigenvalue weighted by Gasteiger charge is -2.12. The Kier molecular flexibility index (Phi) is 5.52. The number of hydrogen-bond acceptors (Lipinski definition) is 6. The van der Waals surface area contributed by atoms with E-state index in [0.717, 1.165) is 18.4 Å². The molecule has 0 atom stereocenters. The molecular weight excluding hydrogens is 208 g/mol. The lowest BCUT2D eigenvalue weighted by Crippen LogP contribution is -2.14. The maximum absolute atomic E-state index is 5.50. The lowest BCUT2D eigenvalue weighted by atomic mass is 10.2. The first-order valence-corrected chi connectivity index (χ1v) is 5.25. The molecule has 0 aliphatic rings. The lowest BCUT2D eigenvalue weighted by molar-refractivity contribution is 0.143. The van der Waals surface area contributed by atoms with E-state index < -0.39 is 0 Å². The standard InChI is InChI=1S/C10H18N4O2/c1-3-4-8-9(14-11)12-7-13-10(8)16-6-5-15-2/h7H,3-6,11H2,1-2H3,(H,12,13,14). The van der Waals surface area contributed by atoms with Gasteiger partial charge >= 0.3 is 0 Å². The van der Waals surface area contributed by atoms with Gasteiger partial charge in [0.25, 0.3) is 0 Å². The zero-order valence-electron chi connectivity index (χ0n) is 9.69. The van der Waals surface area contributed by atoms with Gasteiger partial charge in [-0.1, -0.05) is 13.3 Å². The topological polar surface area (TPSA) is 82.3 Å².